The maximum atomic E-state index is 12.2. The van der Waals surface area contributed by atoms with Gasteiger partial charge in [0.25, 0.3) is 0 Å². The van der Waals surface area contributed by atoms with Crippen LogP contribution in [0.15, 0.2) is 34.9 Å². The Bertz CT molecular complexity index is 644. The lowest BCUT2D eigenvalue weighted by molar-refractivity contribution is -0.133. The van der Waals surface area contributed by atoms with Crippen molar-refractivity contribution in [3.05, 3.63) is 47.6 Å². The van der Waals surface area contributed by atoms with Gasteiger partial charge < -0.3 is 9.42 Å². The van der Waals surface area contributed by atoms with Crippen molar-refractivity contribution in [3.8, 4) is 0 Å². The average molecular weight is 331 g/mol. The monoisotopic (exact) mass is 331 g/mol. The van der Waals surface area contributed by atoms with Crippen LogP contribution in [0.2, 0.25) is 0 Å². The molecule has 0 bridgehead atoms. The van der Waals surface area contributed by atoms with Crippen LogP contribution in [0.1, 0.15) is 36.0 Å². The van der Waals surface area contributed by atoms with Crippen LogP contribution < -0.4 is 0 Å². The quantitative estimate of drug-likeness (QED) is 0.814. The molecule has 1 aliphatic rings. The zero-order valence-corrected chi connectivity index (χ0v) is 14.1. The lowest BCUT2D eigenvalue weighted by Crippen LogP contribution is -2.40. The Morgan fingerprint density at radius 1 is 1.35 bits per heavy atom. The second kappa shape index (κ2) is 7.64. The Labute approximate surface area is 140 Å². The van der Waals surface area contributed by atoms with Gasteiger partial charge in [0.2, 0.25) is 11.8 Å². The molecule has 0 aliphatic carbocycles. The number of carbonyl (C=O) groups is 1. The number of likely N-dealkylation sites (tertiary alicyclic amines) is 1. The standard InChI is InChI=1S/C17H21N3O2S/c1-23-12-15-18-17(22-19-15)14-7-8-16(21)20(11-14)10-9-13-5-3-2-4-6-13/h2-6,14H,7-12H2,1H3. The molecular weight excluding hydrogens is 310 g/mol. The van der Waals surface area contributed by atoms with E-state index in [-0.39, 0.29) is 11.8 Å². The number of carbonyl (C=O) groups excluding carboxylic acids is 1. The molecule has 1 atom stereocenters. The number of hydrogen-bond acceptors (Lipinski definition) is 5. The van der Waals surface area contributed by atoms with Gasteiger partial charge in [0.1, 0.15) is 0 Å². The van der Waals surface area contributed by atoms with Gasteiger partial charge in [-0.2, -0.15) is 16.7 Å². The summed E-state index contributed by atoms with van der Waals surface area (Å²) >= 11 is 1.67. The van der Waals surface area contributed by atoms with E-state index in [0.717, 1.165) is 31.0 Å². The summed E-state index contributed by atoms with van der Waals surface area (Å²) in [6.07, 6.45) is 4.24. The Morgan fingerprint density at radius 2 is 2.17 bits per heavy atom. The van der Waals surface area contributed by atoms with E-state index in [1.165, 1.54) is 5.56 Å². The minimum absolute atomic E-state index is 0.159. The number of aromatic nitrogens is 2. The van der Waals surface area contributed by atoms with E-state index in [9.17, 15) is 4.79 Å². The molecule has 0 radical (unpaired) electrons. The number of piperidine rings is 1. The summed E-state index contributed by atoms with van der Waals surface area (Å²) in [5, 5.41) is 4.01. The Morgan fingerprint density at radius 3 is 2.96 bits per heavy atom. The highest BCUT2D eigenvalue weighted by Crippen LogP contribution is 2.27. The topological polar surface area (TPSA) is 59.2 Å². The van der Waals surface area contributed by atoms with Crippen molar-refractivity contribution in [2.75, 3.05) is 19.3 Å². The largest absolute Gasteiger partial charge is 0.342 e. The predicted octanol–water partition coefficient (Wildman–Crippen LogP) is 2.88. The highest BCUT2D eigenvalue weighted by Gasteiger charge is 2.30. The first-order chi connectivity index (χ1) is 11.3. The summed E-state index contributed by atoms with van der Waals surface area (Å²) in [7, 11) is 0. The van der Waals surface area contributed by atoms with Crippen molar-refractivity contribution in [3.63, 3.8) is 0 Å². The highest BCUT2D eigenvalue weighted by atomic mass is 32.2. The molecule has 1 fully saturated rings. The molecule has 3 rings (SSSR count). The number of hydrogen-bond donors (Lipinski definition) is 0. The van der Waals surface area contributed by atoms with Crippen LogP contribution in [0, 0.1) is 0 Å². The first-order valence-corrected chi connectivity index (χ1v) is 9.28. The minimum atomic E-state index is 0.159. The van der Waals surface area contributed by atoms with E-state index in [1.807, 2.05) is 29.4 Å². The van der Waals surface area contributed by atoms with Gasteiger partial charge in [-0.3, -0.25) is 4.79 Å². The van der Waals surface area contributed by atoms with Gasteiger partial charge in [0.15, 0.2) is 5.82 Å². The molecular formula is C17H21N3O2S. The molecule has 0 saturated carbocycles. The van der Waals surface area contributed by atoms with Crippen LogP contribution in [-0.4, -0.2) is 40.3 Å². The second-order valence-corrected chi connectivity index (χ2v) is 6.66. The number of benzene rings is 1. The van der Waals surface area contributed by atoms with Gasteiger partial charge in [0, 0.05) is 19.5 Å². The van der Waals surface area contributed by atoms with Crippen LogP contribution in [-0.2, 0) is 17.0 Å². The Hall–Kier alpha value is -1.82. The normalized spacial score (nSPS) is 18.4. The maximum Gasteiger partial charge on any atom is 0.231 e. The fraction of sp³-hybridized carbons (Fsp3) is 0.471. The molecule has 2 aromatic rings. The van der Waals surface area contributed by atoms with Crippen LogP contribution in [0.5, 0.6) is 0 Å². The van der Waals surface area contributed by atoms with Crippen LogP contribution in [0.4, 0.5) is 0 Å². The van der Waals surface area contributed by atoms with Gasteiger partial charge in [0.05, 0.1) is 11.7 Å². The van der Waals surface area contributed by atoms with Crippen molar-refractivity contribution in [2.45, 2.75) is 30.9 Å². The van der Waals surface area contributed by atoms with Gasteiger partial charge in [-0.1, -0.05) is 35.5 Å². The first kappa shape index (κ1) is 16.1. The van der Waals surface area contributed by atoms with E-state index in [1.54, 1.807) is 11.8 Å². The smallest absolute Gasteiger partial charge is 0.231 e. The van der Waals surface area contributed by atoms with Gasteiger partial charge in [-0.05, 0) is 24.7 Å². The number of rotatable bonds is 6. The van der Waals surface area contributed by atoms with E-state index in [2.05, 4.69) is 22.3 Å². The molecule has 5 nitrogen and oxygen atoms in total. The molecule has 1 aromatic heterocycles. The van der Waals surface area contributed by atoms with Crippen molar-refractivity contribution in [2.24, 2.45) is 0 Å². The van der Waals surface area contributed by atoms with Crippen LogP contribution in [0.3, 0.4) is 0 Å². The van der Waals surface area contributed by atoms with E-state index in [0.29, 0.717) is 18.9 Å². The summed E-state index contributed by atoms with van der Waals surface area (Å²) in [5.41, 5.74) is 1.25. The molecule has 0 spiro atoms. The summed E-state index contributed by atoms with van der Waals surface area (Å²) in [6.45, 7) is 1.41. The zero-order chi connectivity index (χ0) is 16.1. The lowest BCUT2D eigenvalue weighted by atomic mass is 9.97. The maximum absolute atomic E-state index is 12.2. The molecule has 1 saturated heterocycles. The summed E-state index contributed by atoms with van der Waals surface area (Å²) in [6, 6.07) is 10.3. The fourth-order valence-corrected chi connectivity index (χ4v) is 3.24. The lowest BCUT2D eigenvalue weighted by Gasteiger charge is -2.31. The molecule has 1 aromatic carbocycles. The zero-order valence-electron chi connectivity index (χ0n) is 13.3. The second-order valence-electron chi connectivity index (χ2n) is 5.79. The number of nitrogens with zero attached hydrogens (tertiary/aromatic N) is 3. The van der Waals surface area contributed by atoms with Crippen molar-refractivity contribution < 1.29 is 9.32 Å². The molecule has 2 heterocycles. The predicted molar refractivity (Wildman–Crippen MR) is 90.2 cm³/mol. The summed E-state index contributed by atoms with van der Waals surface area (Å²) in [5.74, 6) is 2.55. The highest BCUT2D eigenvalue weighted by molar-refractivity contribution is 7.97. The third-order valence-corrected chi connectivity index (χ3v) is 4.67. The number of amides is 1. The fourth-order valence-electron chi connectivity index (χ4n) is 2.86. The average Bonchev–Trinajstić information content (AvgIpc) is 3.04. The molecule has 1 unspecified atom stereocenters. The Kier molecular flexibility index (Phi) is 5.33. The SMILES string of the molecule is CSCc1noc(C2CCC(=O)N(CCc3ccccc3)C2)n1. The molecule has 23 heavy (non-hydrogen) atoms. The van der Waals surface area contributed by atoms with Gasteiger partial charge in [-0.25, -0.2) is 0 Å². The minimum Gasteiger partial charge on any atom is -0.342 e. The Balaban J connectivity index is 1.60. The van der Waals surface area contributed by atoms with Crippen molar-refractivity contribution in [1.29, 1.82) is 0 Å². The molecule has 122 valence electrons. The molecule has 6 heteroatoms. The summed E-state index contributed by atoms with van der Waals surface area (Å²) < 4.78 is 5.39. The van der Waals surface area contributed by atoms with E-state index in [4.69, 9.17) is 4.52 Å². The molecule has 0 N–H and O–H groups in total. The molecule has 1 aliphatic heterocycles. The van der Waals surface area contributed by atoms with Crippen molar-refractivity contribution in [1.82, 2.24) is 15.0 Å². The van der Waals surface area contributed by atoms with E-state index >= 15 is 0 Å². The van der Waals surface area contributed by atoms with Crippen molar-refractivity contribution >= 4 is 17.7 Å². The summed E-state index contributed by atoms with van der Waals surface area (Å²) in [4.78, 5) is 18.6. The molecule has 1 amide bonds. The number of thioether (sulfide) groups is 1. The van der Waals surface area contributed by atoms with Gasteiger partial charge >= 0.3 is 0 Å². The van der Waals surface area contributed by atoms with Crippen LogP contribution >= 0.6 is 11.8 Å². The third kappa shape index (κ3) is 4.13. The van der Waals surface area contributed by atoms with Crippen LogP contribution in [0.25, 0.3) is 0 Å². The third-order valence-electron chi connectivity index (χ3n) is 4.12. The van der Waals surface area contributed by atoms with E-state index < -0.39 is 0 Å². The van der Waals surface area contributed by atoms with Gasteiger partial charge in [-0.15, -0.1) is 0 Å². The first-order valence-electron chi connectivity index (χ1n) is 7.89.